The summed E-state index contributed by atoms with van der Waals surface area (Å²) in [7, 11) is 2.05. The molecule has 1 heteroatoms. The predicted octanol–water partition coefficient (Wildman–Crippen LogP) is 4.37. The zero-order valence-electron chi connectivity index (χ0n) is 13.0. The minimum Gasteiger partial charge on any atom is -0.313 e. The Morgan fingerprint density at radius 2 is 1.55 bits per heavy atom. The Balaban J connectivity index is 2.24. The fourth-order valence-electron chi connectivity index (χ4n) is 2.75. The molecule has 0 saturated carbocycles. The Labute approximate surface area is 123 Å². The number of hydrogen-bond acceptors (Lipinski definition) is 1. The molecule has 0 aromatic heterocycles. The molecule has 0 bridgehead atoms. The van der Waals surface area contributed by atoms with Gasteiger partial charge in [0.05, 0.1) is 0 Å². The summed E-state index contributed by atoms with van der Waals surface area (Å²) in [5.41, 5.74) is 7.00. The van der Waals surface area contributed by atoms with Crippen molar-refractivity contribution in [1.29, 1.82) is 0 Å². The van der Waals surface area contributed by atoms with E-state index in [-0.39, 0.29) is 0 Å². The van der Waals surface area contributed by atoms with Crippen LogP contribution in [0.2, 0.25) is 0 Å². The summed E-state index contributed by atoms with van der Waals surface area (Å²) in [4.78, 5) is 0. The maximum atomic E-state index is 3.46. The lowest BCUT2D eigenvalue weighted by atomic mass is 9.92. The maximum absolute atomic E-state index is 3.46. The van der Waals surface area contributed by atoms with Gasteiger partial charge in [0.1, 0.15) is 0 Å². The van der Waals surface area contributed by atoms with Crippen LogP contribution in [0.4, 0.5) is 0 Å². The lowest BCUT2D eigenvalue weighted by Gasteiger charge is -2.20. The molecule has 1 N–H and O–H groups in total. The average Bonchev–Trinajstić information content (AvgIpc) is 2.47. The zero-order chi connectivity index (χ0) is 14.5. The standard InChI is InChI=1S/C19H25N/c1-5-16-9-11-17(12-10-16)19(20-4)13-18-14(2)7-6-8-15(18)3/h6-12,19-20H,5,13H2,1-4H3. The van der Waals surface area contributed by atoms with E-state index in [9.17, 15) is 0 Å². The van der Waals surface area contributed by atoms with Gasteiger partial charge < -0.3 is 5.32 Å². The number of rotatable bonds is 5. The van der Waals surface area contributed by atoms with Crippen molar-refractivity contribution in [2.75, 3.05) is 7.05 Å². The maximum Gasteiger partial charge on any atom is 0.0358 e. The van der Waals surface area contributed by atoms with Crippen LogP contribution in [0.15, 0.2) is 42.5 Å². The second-order valence-electron chi connectivity index (χ2n) is 5.51. The van der Waals surface area contributed by atoms with Gasteiger partial charge in [-0.3, -0.25) is 0 Å². The van der Waals surface area contributed by atoms with E-state index in [2.05, 4.69) is 68.6 Å². The highest BCUT2D eigenvalue weighted by molar-refractivity contribution is 5.36. The SMILES string of the molecule is CCc1ccc(C(Cc2c(C)cccc2C)NC)cc1. The summed E-state index contributed by atoms with van der Waals surface area (Å²) in [5, 5.41) is 3.46. The van der Waals surface area contributed by atoms with Crippen LogP contribution in [0, 0.1) is 13.8 Å². The first kappa shape index (κ1) is 14.8. The van der Waals surface area contributed by atoms with E-state index in [0.717, 1.165) is 12.8 Å². The topological polar surface area (TPSA) is 12.0 Å². The van der Waals surface area contributed by atoms with E-state index in [0.29, 0.717) is 6.04 Å². The highest BCUT2D eigenvalue weighted by Gasteiger charge is 2.12. The Morgan fingerprint density at radius 1 is 0.950 bits per heavy atom. The van der Waals surface area contributed by atoms with Gasteiger partial charge in [0.25, 0.3) is 0 Å². The van der Waals surface area contributed by atoms with Gasteiger partial charge in [-0.1, -0.05) is 49.4 Å². The molecule has 0 aliphatic heterocycles. The number of likely N-dealkylation sites (N-methyl/N-ethyl adjacent to an activating group) is 1. The minimum absolute atomic E-state index is 0.376. The Morgan fingerprint density at radius 3 is 2.05 bits per heavy atom. The van der Waals surface area contributed by atoms with Crippen LogP contribution in [0.1, 0.15) is 40.8 Å². The second-order valence-corrected chi connectivity index (χ2v) is 5.51. The molecule has 2 rings (SSSR count). The Kier molecular flexibility index (Phi) is 4.97. The molecule has 1 unspecified atom stereocenters. The zero-order valence-corrected chi connectivity index (χ0v) is 13.0. The van der Waals surface area contributed by atoms with Gasteiger partial charge in [-0.05, 0) is 61.6 Å². The first-order valence-corrected chi connectivity index (χ1v) is 7.47. The molecule has 0 fully saturated rings. The van der Waals surface area contributed by atoms with E-state index in [1.165, 1.54) is 27.8 Å². The van der Waals surface area contributed by atoms with Crippen molar-refractivity contribution < 1.29 is 0 Å². The molecular weight excluding hydrogens is 242 g/mol. The first-order chi connectivity index (χ1) is 9.65. The molecule has 1 atom stereocenters. The monoisotopic (exact) mass is 267 g/mol. The largest absolute Gasteiger partial charge is 0.313 e. The molecule has 0 radical (unpaired) electrons. The predicted molar refractivity (Wildman–Crippen MR) is 87.2 cm³/mol. The summed E-state index contributed by atoms with van der Waals surface area (Å²) >= 11 is 0. The molecule has 20 heavy (non-hydrogen) atoms. The van der Waals surface area contributed by atoms with Gasteiger partial charge in [0.2, 0.25) is 0 Å². The van der Waals surface area contributed by atoms with E-state index in [1.807, 2.05) is 7.05 Å². The van der Waals surface area contributed by atoms with Crippen LogP contribution in [-0.4, -0.2) is 7.05 Å². The van der Waals surface area contributed by atoms with Crippen LogP contribution in [0.3, 0.4) is 0 Å². The number of hydrogen-bond donors (Lipinski definition) is 1. The lowest BCUT2D eigenvalue weighted by molar-refractivity contribution is 0.589. The van der Waals surface area contributed by atoms with Crippen molar-refractivity contribution in [2.45, 2.75) is 39.7 Å². The van der Waals surface area contributed by atoms with E-state index < -0.39 is 0 Å². The van der Waals surface area contributed by atoms with Crippen molar-refractivity contribution in [3.05, 3.63) is 70.3 Å². The van der Waals surface area contributed by atoms with Gasteiger partial charge in [-0.25, -0.2) is 0 Å². The highest BCUT2D eigenvalue weighted by atomic mass is 14.9. The number of benzene rings is 2. The van der Waals surface area contributed by atoms with Crippen LogP contribution in [0.5, 0.6) is 0 Å². The summed E-state index contributed by atoms with van der Waals surface area (Å²) in [6, 6.07) is 15.9. The van der Waals surface area contributed by atoms with E-state index >= 15 is 0 Å². The third-order valence-corrected chi connectivity index (χ3v) is 4.19. The van der Waals surface area contributed by atoms with Crippen LogP contribution in [0.25, 0.3) is 0 Å². The van der Waals surface area contributed by atoms with Crippen molar-refractivity contribution in [2.24, 2.45) is 0 Å². The van der Waals surface area contributed by atoms with Crippen LogP contribution >= 0.6 is 0 Å². The Hall–Kier alpha value is -1.60. The smallest absolute Gasteiger partial charge is 0.0358 e. The second kappa shape index (κ2) is 6.71. The average molecular weight is 267 g/mol. The first-order valence-electron chi connectivity index (χ1n) is 7.47. The summed E-state index contributed by atoms with van der Waals surface area (Å²) in [6.07, 6.45) is 2.14. The molecule has 2 aromatic rings. The fraction of sp³-hybridized carbons (Fsp3) is 0.368. The lowest BCUT2D eigenvalue weighted by Crippen LogP contribution is -2.19. The third kappa shape index (κ3) is 3.29. The van der Waals surface area contributed by atoms with E-state index in [1.54, 1.807) is 0 Å². The summed E-state index contributed by atoms with van der Waals surface area (Å²) in [5.74, 6) is 0. The molecule has 0 heterocycles. The molecule has 106 valence electrons. The molecule has 0 saturated heterocycles. The van der Waals surface area contributed by atoms with Crippen molar-refractivity contribution in [3.63, 3.8) is 0 Å². The Bertz CT molecular complexity index is 534. The molecule has 0 amide bonds. The van der Waals surface area contributed by atoms with Gasteiger partial charge in [0.15, 0.2) is 0 Å². The molecule has 1 nitrogen and oxygen atoms in total. The van der Waals surface area contributed by atoms with Crippen molar-refractivity contribution in [1.82, 2.24) is 5.32 Å². The molecular formula is C19H25N. The summed E-state index contributed by atoms with van der Waals surface area (Å²) < 4.78 is 0. The van der Waals surface area contributed by atoms with E-state index in [4.69, 9.17) is 0 Å². The van der Waals surface area contributed by atoms with Crippen molar-refractivity contribution >= 4 is 0 Å². The molecule has 0 aliphatic carbocycles. The van der Waals surface area contributed by atoms with Gasteiger partial charge in [0, 0.05) is 6.04 Å². The number of aryl methyl sites for hydroxylation is 3. The minimum atomic E-state index is 0.376. The molecule has 0 aliphatic rings. The van der Waals surface area contributed by atoms with Crippen molar-refractivity contribution in [3.8, 4) is 0 Å². The van der Waals surface area contributed by atoms with Gasteiger partial charge >= 0.3 is 0 Å². The summed E-state index contributed by atoms with van der Waals surface area (Å²) in [6.45, 7) is 6.60. The molecule has 0 spiro atoms. The normalized spacial score (nSPS) is 12.4. The van der Waals surface area contributed by atoms with Crippen LogP contribution in [-0.2, 0) is 12.8 Å². The number of nitrogens with one attached hydrogen (secondary N) is 1. The molecule has 2 aromatic carbocycles. The van der Waals surface area contributed by atoms with Gasteiger partial charge in [-0.2, -0.15) is 0 Å². The fourth-order valence-corrected chi connectivity index (χ4v) is 2.75. The highest BCUT2D eigenvalue weighted by Crippen LogP contribution is 2.23. The quantitative estimate of drug-likeness (QED) is 0.848. The van der Waals surface area contributed by atoms with Gasteiger partial charge in [-0.15, -0.1) is 0 Å². The third-order valence-electron chi connectivity index (χ3n) is 4.19. The van der Waals surface area contributed by atoms with Crippen LogP contribution < -0.4 is 5.32 Å².